The lowest BCUT2D eigenvalue weighted by Crippen LogP contribution is -2.37. The molecule has 1 atom stereocenters. The summed E-state index contributed by atoms with van der Waals surface area (Å²) >= 11 is 0. The molecule has 0 amide bonds. The van der Waals surface area contributed by atoms with Crippen LogP contribution < -0.4 is 5.73 Å². The topological polar surface area (TPSA) is 91.0 Å². The van der Waals surface area contributed by atoms with Crippen LogP contribution in [0.4, 0.5) is 0 Å². The molecule has 6 heteroatoms. The van der Waals surface area contributed by atoms with E-state index in [-0.39, 0.29) is 19.6 Å². The summed E-state index contributed by atoms with van der Waals surface area (Å²) in [5, 5.41) is 9.52. The molecule has 0 aromatic heterocycles. The van der Waals surface area contributed by atoms with Gasteiger partial charge in [0.25, 0.3) is 0 Å². The number of nitrogens with two attached hydrogens (primary N) is 1. The van der Waals surface area contributed by atoms with Crippen molar-refractivity contribution in [3.63, 3.8) is 0 Å². The molecule has 1 unspecified atom stereocenters. The van der Waals surface area contributed by atoms with Crippen LogP contribution in [0.5, 0.6) is 0 Å². The highest BCUT2D eigenvalue weighted by molar-refractivity contribution is 5.70. The summed E-state index contributed by atoms with van der Waals surface area (Å²) < 4.78 is 14.9. The zero-order chi connectivity index (χ0) is 13.1. The number of aliphatic hydroxyl groups is 1. The van der Waals surface area contributed by atoms with Crippen molar-refractivity contribution in [1.82, 2.24) is 0 Å². The Balaban J connectivity index is 3.40. The number of esters is 1. The van der Waals surface area contributed by atoms with Gasteiger partial charge in [0.05, 0.1) is 18.6 Å². The van der Waals surface area contributed by atoms with Crippen LogP contribution >= 0.6 is 0 Å². The molecule has 0 aliphatic carbocycles. The Hall–Kier alpha value is -0.690. The highest BCUT2D eigenvalue weighted by Crippen LogP contribution is 2.07. The van der Waals surface area contributed by atoms with Crippen LogP contribution in [0, 0.1) is 0 Å². The second kappa shape index (κ2) is 9.35. The van der Waals surface area contributed by atoms with E-state index in [1.165, 1.54) is 6.92 Å². The van der Waals surface area contributed by atoms with E-state index in [4.69, 9.17) is 19.9 Å². The number of methoxy groups -OCH3 is 1. The van der Waals surface area contributed by atoms with E-state index >= 15 is 0 Å². The first-order valence-electron chi connectivity index (χ1n) is 5.66. The molecule has 0 spiro atoms. The van der Waals surface area contributed by atoms with E-state index < -0.39 is 11.6 Å². The average molecular weight is 249 g/mol. The average Bonchev–Trinajstić information content (AvgIpc) is 2.27. The highest BCUT2D eigenvalue weighted by Gasteiger charge is 2.23. The van der Waals surface area contributed by atoms with Crippen LogP contribution in [-0.4, -0.2) is 56.8 Å². The SMILES string of the molecule is COCCCOCCOC(=O)CC(C)(O)CN. The third kappa shape index (κ3) is 10.2. The normalized spacial score (nSPS) is 14.4. The fourth-order valence-electron chi connectivity index (χ4n) is 1.06. The van der Waals surface area contributed by atoms with Gasteiger partial charge < -0.3 is 25.1 Å². The molecule has 0 fully saturated rings. The van der Waals surface area contributed by atoms with Gasteiger partial charge in [-0.2, -0.15) is 0 Å². The minimum atomic E-state index is -1.20. The molecule has 0 aromatic carbocycles. The molecule has 0 aromatic rings. The van der Waals surface area contributed by atoms with Gasteiger partial charge in [-0.25, -0.2) is 0 Å². The summed E-state index contributed by atoms with van der Waals surface area (Å²) in [7, 11) is 1.63. The number of ether oxygens (including phenoxy) is 3. The van der Waals surface area contributed by atoms with E-state index in [1.807, 2.05) is 0 Å². The lowest BCUT2D eigenvalue weighted by molar-refractivity contribution is -0.149. The van der Waals surface area contributed by atoms with Crippen molar-refractivity contribution in [2.75, 3.05) is 40.1 Å². The molecule has 0 radical (unpaired) electrons. The lowest BCUT2D eigenvalue weighted by Gasteiger charge is -2.19. The van der Waals surface area contributed by atoms with Crippen molar-refractivity contribution in [1.29, 1.82) is 0 Å². The van der Waals surface area contributed by atoms with Gasteiger partial charge in [-0.15, -0.1) is 0 Å². The van der Waals surface area contributed by atoms with Crippen LogP contribution in [0.25, 0.3) is 0 Å². The van der Waals surface area contributed by atoms with Gasteiger partial charge in [0.2, 0.25) is 0 Å². The minimum absolute atomic E-state index is 0.0234. The molecule has 102 valence electrons. The van der Waals surface area contributed by atoms with Crippen LogP contribution in [0.1, 0.15) is 19.8 Å². The monoisotopic (exact) mass is 249 g/mol. The third-order valence-electron chi connectivity index (χ3n) is 2.09. The Bertz CT molecular complexity index is 208. The first-order valence-corrected chi connectivity index (χ1v) is 5.66. The van der Waals surface area contributed by atoms with Gasteiger partial charge in [-0.3, -0.25) is 4.79 Å². The third-order valence-corrected chi connectivity index (χ3v) is 2.09. The first-order chi connectivity index (χ1) is 8.02. The molecule has 0 bridgehead atoms. The van der Waals surface area contributed by atoms with Crippen LogP contribution in [0.2, 0.25) is 0 Å². The highest BCUT2D eigenvalue weighted by atomic mass is 16.6. The molecular weight excluding hydrogens is 226 g/mol. The van der Waals surface area contributed by atoms with Crippen molar-refractivity contribution in [3.8, 4) is 0 Å². The molecule has 0 rings (SSSR count). The second-order valence-corrected chi connectivity index (χ2v) is 4.06. The van der Waals surface area contributed by atoms with Crippen molar-refractivity contribution in [2.45, 2.75) is 25.4 Å². The number of carbonyl (C=O) groups is 1. The Morgan fingerprint density at radius 3 is 2.59 bits per heavy atom. The van der Waals surface area contributed by atoms with E-state index in [0.29, 0.717) is 19.8 Å². The first kappa shape index (κ1) is 16.3. The van der Waals surface area contributed by atoms with Crippen LogP contribution in [0.15, 0.2) is 0 Å². The Labute approximate surface area is 102 Å². The molecule has 6 nitrogen and oxygen atoms in total. The smallest absolute Gasteiger partial charge is 0.308 e. The number of carbonyl (C=O) groups excluding carboxylic acids is 1. The standard InChI is InChI=1S/C11H23NO5/c1-11(14,9-12)8-10(13)17-7-6-16-5-3-4-15-2/h14H,3-9,12H2,1-2H3. The summed E-state index contributed by atoms with van der Waals surface area (Å²) in [5.74, 6) is -0.471. The summed E-state index contributed by atoms with van der Waals surface area (Å²) in [6.45, 7) is 3.28. The van der Waals surface area contributed by atoms with Crippen molar-refractivity contribution in [2.24, 2.45) is 5.73 Å². The van der Waals surface area contributed by atoms with Gasteiger partial charge in [0, 0.05) is 26.9 Å². The Kier molecular flexibility index (Phi) is 8.97. The predicted molar refractivity (Wildman–Crippen MR) is 62.6 cm³/mol. The number of hydrogen-bond acceptors (Lipinski definition) is 6. The van der Waals surface area contributed by atoms with Crippen molar-refractivity contribution >= 4 is 5.97 Å². The zero-order valence-electron chi connectivity index (χ0n) is 10.6. The molecule has 0 aliphatic heterocycles. The van der Waals surface area contributed by atoms with E-state index in [0.717, 1.165) is 6.42 Å². The minimum Gasteiger partial charge on any atom is -0.463 e. The largest absolute Gasteiger partial charge is 0.463 e. The van der Waals surface area contributed by atoms with Gasteiger partial charge in [-0.1, -0.05) is 0 Å². The molecule has 0 heterocycles. The fraction of sp³-hybridized carbons (Fsp3) is 0.909. The van der Waals surface area contributed by atoms with E-state index in [2.05, 4.69) is 0 Å². The maximum absolute atomic E-state index is 11.2. The summed E-state index contributed by atoms with van der Waals surface area (Å²) in [6, 6.07) is 0. The van der Waals surface area contributed by atoms with E-state index in [1.54, 1.807) is 7.11 Å². The lowest BCUT2D eigenvalue weighted by atomic mass is 10.0. The molecule has 0 saturated heterocycles. The van der Waals surface area contributed by atoms with Gasteiger partial charge >= 0.3 is 5.97 Å². The van der Waals surface area contributed by atoms with Crippen LogP contribution in [0.3, 0.4) is 0 Å². The molecule has 0 aliphatic rings. The summed E-state index contributed by atoms with van der Waals surface area (Å²) in [4.78, 5) is 11.2. The predicted octanol–water partition coefficient (Wildman–Crippen LogP) is -0.317. The summed E-state index contributed by atoms with van der Waals surface area (Å²) in [5.41, 5.74) is 4.09. The quantitative estimate of drug-likeness (QED) is 0.407. The van der Waals surface area contributed by atoms with Crippen LogP contribution in [-0.2, 0) is 19.0 Å². The van der Waals surface area contributed by atoms with E-state index in [9.17, 15) is 9.90 Å². The van der Waals surface area contributed by atoms with Gasteiger partial charge in [0.1, 0.15) is 6.61 Å². The molecule has 0 saturated carbocycles. The fourth-order valence-corrected chi connectivity index (χ4v) is 1.06. The zero-order valence-corrected chi connectivity index (χ0v) is 10.6. The maximum atomic E-state index is 11.2. The molecule has 3 N–H and O–H groups in total. The molecule has 17 heavy (non-hydrogen) atoms. The number of rotatable bonds is 10. The Morgan fingerprint density at radius 2 is 2.00 bits per heavy atom. The van der Waals surface area contributed by atoms with Gasteiger partial charge in [0.15, 0.2) is 0 Å². The Morgan fingerprint density at radius 1 is 1.29 bits per heavy atom. The van der Waals surface area contributed by atoms with Crippen molar-refractivity contribution in [3.05, 3.63) is 0 Å². The molecular formula is C11H23NO5. The number of hydrogen-bond donors (Lipinski definition) is 2. The summed E-state index contributed by atoms with van der Waals surface area (Å²) in [6.07, 6.45) is 0.708. The second-order valence-electron chi connectivity index (χ2n) is 4.06. The van der Waals surface area contributed by atoms with Gasteiger partial charge in [-0.05, 0) is 13.3 Å². The van der Waals surface area contributed by atoms with Crippen molar-refractivity contribution < 1.29 is 24.1 Å². The maximum Gasteiger partial charge on any atom is 0.308 e.